The Morgan fingerprint density at radius 1 is 1.20 bits per heavy atom. The summed E-state index contributed by atoms with van der Waals surface area (Å²) in [5, 5.41) is 6.68. The third kappa shape index (κ3) is 4.68. The lowest BCUT2D eigenvalue weighted by molar-refractivity contribution is 0.688. The van der Waals surface area contributed by atoms with E-state index < -0.39 is 0 Å². The normalized spacial score (nSPS) is 10.4. The second kappa shape index (κ2) is 6.27. The molecule has 84 valence electrons. The average Bonchev–Trinajstić information content (AvgIpc) is 2.24. The van der Waals surface area contributed by atoms with Gasteiger partial charge < -0.3 is 10.6 Å². The molecule has 0 bridgehead atoms. The lowest BCUT2D eigenvalue weighted by Crippen LogP contribution is -2.08. The lowest BCUT2D eigenvalue weighted by atomic mass is 10.2. The molecule has 0 saturated heterocycles. The van der Waals surface area contributed by atoms with Crippen molar-refractivity contribution in [3.63, 3.8) is 0 Å². The summed E-state index contributed by atoms with van der Waals surface area (Å²) >= 11 is 0. The van der Waals surface area contributed by atoms with Crippen molar-refractivity contribution >= 4 is 11.4 Å². The van der Waals surface area contributed by atoms with Crippen molar-refractivity contribution in [3.05, 3.63) is 18.5 Å². The van der Waals surface area contributed by atoms with Gasteiger partial charge in [-0.25, -0.2) is 0 Å². The second-order valence-electron chi connectivity index (χ2n) is 4.16. The van der Waals surface area contributed by atoms with Gasteiger partial charge in [0.25, 0.3) is 0 Å². The molecular formula is C12H21N3. The first-order chi connectivity index (χ1) is 7.22. The van der Waals surface area contributed by atoms with E-state index in [1.807, 2.05) is 12.4 Å². The average molecular weight is 207 g/mol. The molecule has 0 unspecified atom stereocenters. The van der Waals surface area contributed by atoms with E-state index in [0.29, 0.717) is 5.92 Å². The van der Waals surface area contributed by atoms with Gasteiger partial charge in [-0.2, -0.15) is 0 Å². The summed E-state index contributed by atoms with van der Waals surface area (Å²) in [7, 11) is 0. The molecule has 1 rings (SSSR count). The highest BCUT2D eigenvalue weighted by Crippen LogP contribution is 2.13. The van der Waals surface area contributed by atoms with Crippen molar-refractivity contribution in [2.24, 2.45) is 5.92 Å². The third-order valence-corrected chi connectivity index (χ3v) is 2.03. The van der Waals surface area contributed by atoms with Gasteiger partial charge >= 0.3 is 0 Å². The van der Waals surface area contributed by atoms with Gasteiger partial charge in [0.2, 0.25) is 0 Å². The zero-order valence-electron chi connectivity index (χ0n) is 9.88. The Hall–Kier alpha value is -1.25. The Labute approximate surface area is 92.3 Å². The van der Waals surface area contributed by atoms with Crippen LogP contribution in [0.1, 0.15) is 27.2 Å². The molecule has 3 nitrogen and oxygen atoms in total. The number of rotatable bonds is 6. The molecule has 0 saturated carbocycles. The summed E-state index contributed by atoms with van der Waals surface area (Å²) in [5.41, 5.74) is 2.18. The standard InChI is InChI=1S/C12H21N3/c1-4-5-14-11-6-12(9-13-8-11)15-7-10(2)3/h6,8-10,14-15H,4-5,7H2,1-3H3. The van der Waals surface area contributed by atoms with Crippen molar-refractivity contribution in [1.82, 2.24) is 4.98 Å². The number of anilines is 2. The zero-order valence-corrected chi connectivity index (χ0v) is 9.88. The van der Waals surface area contributed by atoms with E-state index >= 15 is 0 Å². The van der Waals surface area contributed by atoms with Gasteiger partial charge in [-0.3, -0.25) is 4.98 Å². The molecular weight excluding hydrogens is 186 g/mol. The van der Waals surface area contributed by atoms with E-state index in [4.69, 9.17) is 0 Å². The van der Waals surface area contributed by atoms with Crippen LogP contribution in [0.15, 0.2) is 18.5 Å². The van der Waals surface area contributed by atoms with Crippen LogP contribution in [-0.4, -0.2) is 18.1 Å². The van der Waals surface area contributed by atoms with Gasteiger partial charge in [0.1, 0.15) is 0 Å². The highest BCUT2D eigenvalue weighted by Gasteiger charge is 1.97. The van der Waals surface area contributed by atoms with Gasteiger partial charge in [-0.05, 0) is 18.4 Å². The van der Waals surface area contributed by atoms with Crippen LogP contribution >= 0.6 is 0 Å². The molecule has 0 atom stereocenters. The quantitative estimate of drug-likeness (QED) is 0.753. The molecule has 1 aromatic heterocycles. The van der Waals surface area contributed by atoms with E-state index in [2.05, 4.69) is 42.5 Å². The van der Waals surface area contributed by atoms with Crippen LogP contribution in [0.4, 0.5) is 11.4 Å². The zero-order chi connectivity index (χ0) is 11.1. The number of nitrogens with one attached hydrogen (secondary N) is 2. The first-order valence-electron chi connectivity index (χ1n) is 5.65. The largest absolute Gasteiger partial charge is 0.384 e. The van der Waals surface area contributed by atoms with Crippen molar-refractivity contribution in [2.45, 2.75) is 27.2 Å². The molecule has 0 aliphatic heterocycles. The fourth-order valence-corrected chi connectivity index (χ4v) is 1.22. The molecule has 0 amide bonds. The summed E-state index contributed by atoms with van der Waals surface area (Å²) in [6.45, 7) is 8.52. The topological polar surface area (TPSA) is 37.0 Å². The molecule has 0 radical (unpaired) electrons. The van der Waals surface area contributed by atoms with Gasteiger partial charge in [0, 0.05) is 13.1 Å². The minimum absolute atomic E-state index is 0.650. The van der Waals surface area contributed by atoms with Gasteiger partial charge in [0.15, 0.2) is 0 Å². The van der Waals surface area contributed by atoms with Crippen LogP contribution in [0.5, 0.6) is 0 Å². The van der Waals surface area contributed by atoms with E-state index in [9.17, 15) is 0 Å². The Balaban J connectivity index is 2.50. The van der Waals surface area contributed by atoms with Crippen LogP contribution in [0.25, 0.3) is 0 Å². The molecule has 0 fully saturated rings. The SMILES string of the molecule is CCCNc1cncc(NCC(C)C)c1. The monoisotopic (exact) mass is 207 g/mol. The number of hydrogen-bond acceptors (Lipinski definition) is 3. The maximum absolute atomic E-state index is 4.19. The fourth-order valence-electron chi connectivity index (χ4n) is 1.22. The summed E-state index contributed by atoms with van der Waals surface area (Å²) in [4.78, 5) is 4.19. The van der Waals surface area contributed by atoms with Crippen molar-refractivity contribution in [2.75, 3.05) is 23.7 Å². The Morgan fingerprint density at radius 3 is 2.47 bits per heavy atom. The highest BCUT2D eigenvalue weighted by molar-refractivity contribution is 5.53. The van der Waals surface area contributed by atoms with Gasteiger partial charge in [-0.15, -0.1) is 0 Å². The van der Waals surface area contributed by atoms with Gasteiger partial charge in [-0.1, -0.05) is 20.8 Å². The Morgan fingerprint density at radius 2 is 1.87 bits per heavy atom. The Kier molecular flexibility index (Phi) is 4.95. The van der Waals surface area contributed by atoms with Crippen LogP contribution < -0.4 is 10.6 Å². The summed E-state index contributed by atoms with van der Waals surface area (Å²) in [6.07, 6.45) is 4.85. The van der Waals surface area contributed by atoms with Crippen LogP contribution in [0, 0.1) is 5.92 Å². The number of hydrogen-bond donors (Lipinski definition) is 2. The van der Waals surface area contributed by atoms with Crippen LogP contribution in [-0.2, 0) is 0 Å². The van der Waals surface area contributed by atoms with E-state index in [1.54, 1.807) is 0 Å². The Bertz CT molecular complexity index is 284. The highest BCUT2D eigenvalue weighted by atomic mass is 14.9. The molecule has 0 aliphatic rings. The van der Waals surface area contributed by atoms with Crippen molar-refractivity contribution in [1.29, 1.82) is 0 Å². The molecule has 2 N–H and O–H groups in total. The number of aromatic nitrogens is 1. The fraction of sp³-hybridized carbons (Fsp3) is 0.583. The molecule has 0 aliphatic carbocycles. The molecule has 0 spiro atoms. The molecule has 1 aromatic rings. The summed E-state index contributed by atoms with van der Waals surface area (Å²) in [5.74, 6) is 0.650. The van der Waals surface area contributed by atoms with Crippen LogP contribution in [0.3, 0.4) is 0 Å². The second-order valence-corrected chi connectivity index (χ2v) is 4.16. The van der Waals surface area contributed by atoms with E-state index in [1.165, 1.54) is 0 Å². The van der Waals surface area contributed by atoms with E-state index in [-0.39, 0.29) is 0 Å². The first-order valence-corrected chi connectivity index (χ1v) is 5.65. The first kappa shape index (κ1) is 11.8. The van der Waals surface area contributed by atoms with Gasteiger partial charge in [0.05, 0.1) is 23.8 Å². The smallest absolute Gasteiger partial charge is 0.0547 e. The summed E-state index contributed by atoms with van der Waals surface area (Å²) in [6, 6.07) is 2.10. The maximum Gasteiger partial charge on any atom is 0.0547 e. The van der Waals surface area contributed by atoms with Crippen molar-refractivity contribution in [3.8, 4) is 0 Å². The predicted octanol–water partition coefficient (Wildman–Crippen LogP) is 2.97. The van der Waals surface area contributed by atoms with Crippen molar-refractivity contribution < 1.29 is 0 Å². The minimum Gasteiger partial charge on any atom is -0.384 e. The maximum atomic E-state index is 4.19. The van der Waals surface area contributed by atoms with Crippen LogP contribution in [0.2, 0.25) is 0 Å². The number of nitrogens with zero attached hydrogens (tertiary/aromatic N) is 1. The lowest BCUT2D eigenvalue weighted by Gasteiger charge is -2.10. The molecule has 15 heavy (non-hydrogen) atoms. The van der Waals surface area contributed by atoms with E-state index in [0.717, 1.165) is 30.9 Å². The summed E-state index contributed by atoms with van der Waals surface area (Å²) < 4.78 is 0. The molecule has 0 aromatic carbocycles. The predicted molar refractivity (Wildman–Crippen MR) is 66.3 cm³/mol. The third-order valence-electron chi connectivity index (χ3n) is 2.03. The molecule has 1 heterocycles. The molecule has 3 heteroatoms. The minimum atomic E-state index is 0.650. The number of pyridine rings is 1.